The Morgan fingerprint density at radius 2 is 2.05 bits per heavy atom. The van der Waals surface area contributed by atoms with Gasteiger partial charge in [-0.05, 0) is 42.8 Å². The minimum atomic E-state index is 0.213. The number of benzene rings is 1. The molecule has 0 fully saturated rings. The predicted octanol–water partition coefficient (Wildman–Crippen LogP) is 3.33. The summed E-state index contributed by atoms with van der Waals surface area (Å²) < 4.78 is 5.17. The molecule has 0 saturated heterocycles. The topological polar surface area (TPSA) is 29.5 Å². The van der Waals surface area contributed by atoms with Gasteiger partial charge in [-0.3, -0.25) is 4.79 Å². The zero-order chi connectivity index (χ0) is 13.4. The molecule has 0 bridgehead atoms. The van der Waals surface area contributed by atoms with E-state index in [1.165, 1.54) is 15.3 Å². The van der Waals surface area contributed by atoms with Crippen LogP contribution in [0.2, 0.25) is 0 Å². The fraction of sp³-hybridized carbons (Fsp3) is 0.267. The smallest absolute Gasteiger partial charge is 0.232 e. The highest BCUT2D eigenvalue weighted by molar-refractivity contribution is 7.16. The monoisotopic (exact) mass is 273 g/mol. The minimum absolute atomic E-state index is 0.213. The molecule has 0 N–H and O–H groups in total. The van der Waals surface area contributed by atoms with E-state index in [4.69, 9.17) is 4.74 Å². The van der Waals surface area contributed by atoms with Crippen LogP contribution in [0.4, 0.5) is 5.69 Å². The first-order valence-electron chi connectivity index (χ1n) is 6.30. The van der Waals surface area contributed by atoms with E-state index in [-0.39, 0.29) is 5.91 Å². The zero-order valence-electron chi connectivity index (χ0n) is 11.0. The van der Waals surface area contributed by atoms with Crippen molar-refractivity contribution in [2.45, 2.75) is 13.3 Å². The number of ether oxygens (including phenoxy) is 1. The average molecular weight is 273 g/mol. The lowest BCUT2D eigenvalue weighted by molar-refractivity contribution is -0.117. The fourth-order valence-corrected chi connectivity index (χ4v) is 3.54. The van der Waals surface area contributed by atoms with Crippen molar-refractivity contribution in [3.8, 4) is 16.2 Å². The Labute approximate surface area is 116 Å². The van der Waals surface area contributed by atoms with Crippen LogP contribution >= 0.6 is 11.3 Å². The molecule has 0 radical (unpaired) electrons. The SMILES string of the molecule is CCN1C(=O)Cc2sc(-c3ccc(OC)cc3)cc21. The first-order chi connectivity index (χ1) is 9.22. The summed E-state index contributed by atoms with van der Waals surface area (Å²) in [5.41, 5.74) is 2.26. The van der Waals surface area contributed by atoms with Crippen LogP contribution in [0.5, 0.6) is 5.75 Å². The van der Waals surface area contributed by atoms with Crippen LogP contribution < -0.4 is 9.64 Å². The Balaban J connectivity index is 1.95. The number of likely N-dealkylation sites (N-methyl/N-ethyl adjacent to an activating group) is 1. The lowest BCUT2D eigenvalue weighted by atomic mass is 10.2. The van der Waals surface area contributed by atoms with Crippen LogP contribution in [0.25, 0.3) is 10.4 Å². The lowest BCUT2D eigenvalue weighted by Gasteiger charge is -2.12. The summed E-state index contributed by atoms with van der Waals surface area (Å²) in [5.74, 6) is 1.07. The molecule has 98 valence electrons. The Hall–Kier alpha value is -1.81. The molecule has 0 saturated carbocycles. The van der Waals surface area contributed by atoms with E-state index in [0.29, 0.717) is 6.42 Å². The van der Waals surface area contributed by atoms with Crippen molar-refractivity contribution < 1.29 is 9.53 Å². The van der Waals surface area contributed by atoms with Crippen LogP contribution in [0.15, 0.2) is 30.3 Å². The molecule has 0 aliphatic carbocycles. The van der Waals surface area contributed by atoms with Crippen molar-refractivity contribution in [1.82, 2.24) is 0 Å². The molecule has 3 nitrogen and oxygen atoms in total. The molecule has 19 heavy (non-hydrogen) atoms. The summed E-state index contributed by atoms with van der Waals surface area (Å²) in [5, 5.41) is 0. The molecule has 0 spiro atoms. The second kappa shape index (κ2) is 4.70. The van der Waals surface area contributed by atoms with Crippen LogP contribution in [-0.4, -0.2) is 19.6 Å². The summed E-state index contributed by atoms with van der Waals surface area (Å²) in [7, 11) is 1.67. The molecule has 0 unspecified atom stereocenters. The van der Waals surface area contributed by atoms with E-state index in [2.05, 4.69) is 18.2 Å². The maximum atomic E-state index is 11.8. The van der Waals surface area contributed by atoms with E-state index in [0.717, 1.165) is 18.0 Å². The van der Waals surface area contributed by atoms with Gasteiger partial charge in [0.25, 0.3) is 0 Å². The largest absolute Gasteiger partial charge is 0.497 e. The maximum absolute atomic E-state index is 11.8. The second-order valence-corrected chi connectivity index (χ2v) is 5.60. The van der Waals surface area contributed by atoms with Crippen LogP contribution in [-0.2, 0) is 11.2 Å². The lowest BCUT2D eigenvalue weighted by Crippen LogP contribution is -2.25. The Morgan fingerprint density at radius 1 is 1.32 bits per heavy atom. The molecule has 1 amide bonds. The summed E-state index contributed by atoms with van der Waals surface area (Å²) in [4.78, 5) is 16.0. The second-order valence-electron chi connectivity index (χ2n) is 4.46. The molecule has 1 aliphatic heterocycles. The number of amides is 1. The normalized spacial score (nSPS) is 13.8. The number of carbonyl (C=O) groups excluding carboxylic acids is 1. The number of nitrogens with zero attached hydrogens (tertiary/aromatic N) is 1. The van der Waals surface area contributed by atoms with Gasteiger partial charge in [0.2, 0.25) is 5.91 Å². The van der Waals surface area contributed by atoms with Crippen LogP contribution in [0.1, 0.15) is 11.8 Å². The molecule has 4 heteroatoms. The van der Waals surface area contributed by atoms with Crippen LogP contribution in [0, 0.1) is 0 Å². The Morgan fingerprint density at radius 3 is 2.68 bits per heavy atom. The number of hydrogen-bond donors (Lipinski definition) is 0. The number of thiophene rings is 1. The van der Waals surface area contributed by atoms with Crippen molar-refractivity contribution in [1.29, 1.82) is 0 Å². The van der Waals surface area contributed by atoms with Crippen molar-refractivity contribution in [2.24, 2.45) is 0 Å². The molecule has 3 rings (SSSR count). The van der Waals surface area contributed by atoms with Gasteiger partial charge in [-0.15, -0.1) is 11.3 Å². The van der Waals surface area contributed by atoms with Crippen molar-refractivity contribution in [3.63, 3.8) is 0 Å². The number of methoxy groups -OCH3 is 1. The van der Waals surface area contributed by atoms with Crippen molar-refractivity contribution in [2.75, 3.05) is 18.6 Å². The highest BCUT2D eigenvalue weighted by atomic mass is 32.1. The van der Waals surface area contributed by atoms with E-state index in [9.17, 15) is 4.79 Å². The maximum Gasteiger partial charge on any atom is 0.232 e. The standard InChI is InChI=1S/C15H15NO2S/c1-3-16-12-8-13(19-14(12)9-15(16)17)10-4-6-11(18-2)7-5-10/h4-8H,3,9H2,1-2H3. The Kier molecular flexibility index (Phi) is 3.03. The van der Waals surface area contributed by atoms with Crippen LogP contribution in [0.3, 0.4) is 0 Å². The van der Waals surface area contributed by atoms with E-state index in [1.807, 2.05) is 24.0 Å². The number of carbonyl (C=O) groups is 1. The van der Waals surface area contributed by atoms with Gasteiger partial charge >= 0.3 is 0 Å². The first kappa shape index (κ1) is 12.2. The minimum Gasteiger partial charge on any atom is -0.497 e. The van der Waals surface area contributed by atoms with Gasteiger partial charge in [-0.25, -0.2) is 0 Å². The van der Waals surface area contributed by atoms with Gasteiger partial charge in [-0.1, -0.05) is 0 Å². The van der Waals surface area contributed by atoms with E-state index in [1.54, 1.807) is 18.4 Å². The number of anilines is 1. The molecule has 1 aliphatic rings. The molecule has 1 aromatic heterocycles. The number of fused-ring (bicyclic) bond motifs is 1. The molecule has 2 heterocycles. The van der Waals surface area contributed by atoms with Gasteiger partial charge in [0.15, 0.2) is 0 Å². The third kappa shape index (κ3) is 2.02. The van der Waals surface area contributed by atoms with Gasteiger partial charge in [-0.2, -0.15) is 0 Å². The quantitative estimate of drug-likeness (QED) is 0.858. The van der Waals surface area contributed by atoms with Gasteiger partial charge in [0.1, 0.15) is 5.75 Å². The fourth-order valence-electron chi connectivity index (χ4n) is 2.39. The van der Waals surface area contributed by atoms with Gasteiger partial charge < -0.3 is 9.64 Å². The van der Waals surface area contributed by atoms with Gasteiger partial charge in [0.05, 0.1) is 19.2 Å². The molecule has 1 aromatic carbocycles. The summed E-state index contributed by atoms with van der Waals surface area (Å²) >= 11 is 1.71. The summed E-state index contributed by atoms with van der Waals surface area (Å²) in [6.45, 7) is 2.75. The number of hydrogen-bond acceptors (Lipinski definition) is 3. The molecule has 2 aromatic rings. The highest BCUT2D eigenvalue weighted by Gasteiger charge is 2.28. The Bertz CT molecular complexity index is 616. The third-order valence-corrected chi connectivity index (χ3v) is 4.55. The molecular weight excluding hydrogens is 258 g/mol. The molecule has 0 atom stereocenters. The first-order valence-corrected chi connectivity index (χ1v) is 7.12. The highest BCUT2D eigenvalue weighted by Crippen LogP contribution is 2.41. The summed E-state index contributed by atoms with van der Waals surface area (Å²) in [6, 6.07) is 10.2. The van der Waals surface area contributed by atoms with E-state index < -0.39 is 0 Å². The average Bonchev–Trinajstić information content (AvgIpc) is 2.95. The van der Waals surface area contributed by atoms with Crippen molar-refractivity contribution >= 4 is 22.9 Å². The molecular formula is C15H15NO2S. The third-order valence-electron chi connectivity index (χ3n) is 3.38. The van der Waals surface area contributed by atoms with Crippen molar-refractivity contribution in [3.05, 3.63) is 35.2 Å². The zero-order valence-corrected chi connectivity index (χ0v) is 11.8. The predicted molar refractivity (Wildman–Crippen MR) is 78.0 cm³/mol. The van der Waals surface area contributed by atoms with E-state index >= 15 is 0 Å². The summed E-state index contributed by atoms with van der Waals surface area (Å²) in [6.07, 6.45) is 0.546. The van der Waals surface area contributed by atoms with Gasteiger partial charge in [0, 0.05) is 16.3 Å². The number of rotatable bonds is 3.